The van der Waals surface area contributed by atoms with E-state index in [0.29, 0.717) is 72.2 Å². The van der Waals surface area contributed by atoms with Crippen LogP contribution in [0, 0.1) is 13.8 Å². The molecule has 3 aliphatic rings. The summed E-state index contributed by atoms with van der Waals surface area (Å²) >= 11 is 0. The number of rotatable bonds is 1. The van der Waals surface area contributed by atoms with Gasteiger partial charge in [-0.1, -0.05) is 18.2 Å². The Kier molecular flexibility index (Phi) is 7.01. The van der Waals surface area contributed by atoms with Crippen molar-refractivity contribution in [2.24, 2.45) is 0 Å². The Hall–Kier alpha value is -4.92. The van der Waals surface area contributed by atoms with E-state index in [4.69, 9.17) is 13.9 Å². The van der Waals surface area contributed by atoms with Crippen LogP contribution in [0.1, 0.15) is 61.2 Å². The topological polar surface area (TPSA) is 111 Å². The zero-order valence-corrected chi connectivity index (χ0v) is 22.8. The number of carbonyl (C=O) groups excluding carboxylic acids is 2. The Morgan fingerprint density at radius 3 is 2.73 bits per heavy atom. The number of nitrogens with zero attached hydrogens (tertiary/aromatic N) is 2. The molecule has 0 saturated carbocycles. The number of aryl methyl sites for hydroxylation is 2. The Bertz CT molecular complexity index is 1690. The number of hydrogen-bond donors (Lipinski definition) is 1. The Morgan fingerprint density at radius 1 is 1.00 bits per heavy atom. The minimum Gasteiger partial charge on any atom is -0.494 e. The van der Waals surface area contributed by atoms with Crippen LogP contribution in [0.2, 0.25) is 0 Å². The fourth-order valence-electron chi connectivity index (χ4n) is 5.54. The number of ether oxygens (including phenoxy) is 2. The molecule has 0 radical (unpaired) electrons. The standard InChI is InChI=1S/C32H29N3O6/c1-19-13-28(36)40-20(2)29(19)32(38)35-11-9-21-14-25-7-8-27(21)30(35)22-5-3-6-24(15-22)39-12-4-10-34-31(37)23-16-26(41-25)18-33-17-23/h3,5-8,13-18,30H,4,9-12H2,1-2H3,(H,34,37). The van der Waals surface area contributed by atoms with Gasteiger partial charge in [-0.05, 0) is 79.3 Å². The van der Waals surface area contributed by atoms with Crippen LogP contribution in [0.25, 0.3) is 0 Å². The monoisotopic (exact) mass is 551 g/mol. The summed E-state index contributed by atoms with van der Waals surface area (Å²) in [6, 6.07) is 16.1. The first kappa shape index (κ1) is 26.3. The third-order valence-electron chi connectivity index (χ3n) is 7.41. The average Bonchev–Trinajstić information content (AvgIpc) is 2.95. The third kappa shape index (κ3) is 5.30. The molecule has 0 spiro atoms. The highest BCUT2D eigenvalue weighted by Gasteiger charge is 2.35. The molecule has 9 heteroatoms. The van der Waals surface area contributed by atoms with Crippen molar-refractivity contribution in [1.82, 2.24) is 15.2 Å². The highest BCUT2D eigenvalue weighted by molar-refractivity contribution is 5.97. The van der Waals surface area contributed by atoms with E-state index < -0.39 is 11.7 Å². The van der Waals surface area contributed by atoms with Gasteiger partial charge in [-0.2, -0.15) is 0 Å². The molecule has 1 atom stereocenters. The van der Waals surface area contributed by atoms with Crippen molar-refractivity contribution in [1.29, 1.82) is 0 Å². The molecule has 5 heterocycles. The zero-order chi connectivity index (χ0) is 28.5. The van der Waals surface area contributed by atoms with E-state index in [0.717, 1.165) is 16.7 Å². The SMILES string of the molecule is Cc1cc(=O)oc(C)c1C(=O)N1CCc2cc3ccc2C1c1cccc(c1)OCCCNC(=O)c1cncc(c1)O3. The summed E-state index contributed by atoms with van der Waals surface area (Å²) < 4.78 is 17.5. The molecule has 208 valence electrons. The first-order valence-electron chi connectivity index (χ1n) is 13.6. The lowest BCUT2D eigenvalue weighted by Gasteiger charge is -2.38. The summed E-state index contributed by atoms with van der Waals surface area (Å²) in [5, 5.41) is 2.89. The first-order chi connectivity index (χ1) is 19.9. The van der Waals surface area contributed by atoms with Gasteiger partial charge in [0.25, 0.3) is 11.8 Å². The van der Waals surface area contributed by atoms with Crippen LogP contribution in [-0.2, 0) is 6.42 Å². The molecule has 8 bridgehead atoms. The summed E-state index contributed by atoms with van der Waals surface area (Å²) in [4.78, 5) is 44.6. The maximum absolute atomic E-state index is 14.1. The average molecular weight is 552 g/mol. The van der Waals surface area contributed by atoms with Gasteiger partial charge < -0.3 is 24.1 Å². The van der Waals surface area contributed by atoms with Gasteiger partial charge >= 0.3 is 5.63 Å². The van der Waals surface area contributed by atoms with Crippen molar-refractivity contribution >= 4 is 11.8 Å². The Morgan fingerprint density at radius 2 is 1.88 bits per heavy atom. The maximum atomic E-state index is 14.1. The van der Waals surface area contributed by atoms with Gasteiger partial charge in [0.05, 0.1) is 30.0 Å². The minimum absolute atomic E-state index is 0.202. The van der Waals surface area contributed by atoms with Crippen molar-refractivity contribution in [3.63, 3.8) is 0 Å². The normalized spacial score (nSPS) is 16.6. The van der Waals surface area contributed by atoms with Gasteiger partial charge in [-0.15, -0.1) is 0 Å². The molecule has 7 rings (SSSR count). The molecule has 9 nitrogen and oxygen atoms in total. The number of fused-ring (bicyclic) bond motifs is 6. The Labute approximate surface area is 236 Å². The molecule has 0 saturated heterocycles. The second kappa shape index (κ2) is 10.9. The molecular formula is C32H29N3O6. The molecule has 0 fully saturated rings. The first-order valence-corrected chi connectivity index (χ1v) is 13.6. The summed E-state index contributed by atoms with van der Waals surface area (Å²) in [7, 11) is 0. The van der Waals surface area contributed by atoms with Crippen LogP contribution in [-0.4, -0.2) is 41.4 Å². The molecule has 0 aliphatic carbocycles. The van der Waals surface area contributed by atoms with E-state index in [1.165, 1.54) is 12.3 Å². The zero-order valence-electron chi connectivity index (χ0n) is 22.8. The smallest absolute Gasteiger partial charge is 0.336 e. The molecule has 2 amide bonds. The van der Waals surface area contributed by atoms with E-state index in [1.807, 2.05) is 47.4 Å². The lowest BCUT2D eigenvalue weighted by Crippen LogP contribution is -2.41. The number of nitrogens with one attached hydrogen (secondary N) is 1. The second-order valence-corrected chi connectivity index (χ2v) is 10.2. The third-order valence-corrected chi connectivity index (χ3v) is 7.41. The number of aromatic nitrogens is 1. The van der Waals surface area contributed by atoms with E-state index in [2.05, 4.69) is 10.3 Å². The molecule has 2 aromatic heterocycles. The number of carbonyl (C=O) groups is 2. The van der Waals surface area contributed by atoms with Crippen LogP contribution >= 0.6 is 0 Å². The molecule has 4 aromatic rings. The van der Waals surface area contributed by atoms with Crippen LogP contribution in [0.3, 0.4) is 0 Å². The van der Waals surface area contributed by atoms with Crippen LogP contribution in [0.4, 0.5) is 0 Å². The fraction of sp³-hybridized carbons (Fsp3) is 0.250. The van der Waals surface area contributed by atoms with Crippen LogP contribution in [0.15, 0.2) is 76.2 Å². The van der Waals surface area contributed by atoms with Gasteiger partial charge in [0, 0.05) is 25.4 Å². The van der Waals surface area contributed by atoms with E-state index in [9.17, 15) is 14.4 Å². The van der Waals surface area contributed by atoms with Crippen molar-refractivity contribution in [2.45, 2.75) is 32.7 Å². The van der Waals surface area contributed by atoms with Crippen molar-refractivity contribution in [2.75, 3.05) is 19.7 Å². The molecule has 1 unspecified atom stereocenters. The van der Waals surface area contributed by atoms with E-state index in [1.54, 1.807) is 26.1 Å². The highest BCUT2D eigenvalue weighted by Crippen LogP contribution is 2.39. The van der Waals surface area contributed by atoms with Crippen molar-refractivity contribution in [3.8, 4) is 17.2 Å². The predicted octanol–water partition coefficient (Wildman–Crippen LogP) is 4.74. The molecule has 2 aromatic carbocycles. The number of amides is 2. The largest absolute Gasteiger partial charge is 0.494 e. The number of pyridine rings is 1. The van der Waals surface area contributed by atoms with Crippen molar-refractivity contribution < 1.29 is 23.5 Å². The molecule has 1 N–H and O–H groups in total. The quantitative estimate of drug-likeness (QED) is 0.364. The maximum Gasteiger partial charge on any atom is 0.336 e. The van der Waals surface area contributed by atoms with Gasteiger partial charge in [-0.3, -0.25) is 14.6 Å². The predicted molar refractivity (Wildman–Crippen MR) is 151 cm³/mol. The molecule has 41 heavy (non-hydrogen) atoms. The highest BCUT2D eigenvalue weighted by atomic mass is 16.5. The number of benzene rings is 2. The van der Waals surface area contributed by atoms with Crippen LogP contribution in [0.5, 0.6) is 17.2 Å². The minimum atomic E-state index is -0.477. The lowest BCUT2D eigenvalue weighted by atomic mass is 9.87. The van der Waals surface area contributed by atoms with Gasteiger partial charge in [0.1, 0.15) is 23.0 Å². The van der Waals surface area contributed by atoms with E-state index >= 15 is 0 Å². The molecular weight excluding hydrogens is 522 g/mol. The number of hydrogen-bond acceptors (Lipinski definition) is 7. The summed E-state index contributed by atoms with van der Waals surface area (Å²) in [5.41, 5.74) is 3.81. The lowest BCUT2D eigenvalue weighted by molar-refractivity contribution is 0.0689. The van der Waals surface area contributed by atoms with Crippen LogP contribution < -0.4 is 20.4 Å². The van der Waals surface area contributed by atoms with Crippen molar-refractivity contribution in [3.05, 3.63) is 117 Å². The van der Waals surface area contributed by atoms with E-state index in [-0.39, 0.29) is 11.8 Å². The molecule has 3 aliphatic heterocycles. The summed E-state index contributed by atoms with van der Waals surface area (Å²) in [6.45, 7) is 4.68. The Balaban J connectivity index is 1.45. The summed E-state index contributed by atoms with van der Waals surface area (Å²) in [6.07, 6.45) is 4.28. The summed E-state index contributed by atoms with van der Waals surface area (Å²) in [5.74, 6) is 1.60. The van der Waals surface area contributed by atoms with Gasteiger partial charge in [-0.25, -0.2) is 4.79 Å². The van der Waals surface area contributed by atoms with Gasteiger partial charge in [0.15, 0.2) is 0 Å². The van der Waals surface area contributed by atoms with Gasteiger partial charge in [0.2, 0.25) is 0 Å². The fourth-order valence-corrected chi connectivity index (χ4v) is 5.54. The second-order valence-electron chi connectivity index (χ2n) is 10.2.